The number of aliphatic carboxylic acids is 1. The highest BCUT2D eigenvalue weighted by Gasteiger charge is 2.13. The van der Waals surface area contributed by atoms with Gasteiger partial charge < -0.3 is 10.2 Å². The largest absolute Gasteiger partial charge is 0.481 e. The van der Waals surface area contributed by atoms with Gasteiger partial charge in [0.05, 0.1) is 12.2 Å². The fraction of sp³-hybridized carbons (Fsp3) is 0.857. The number of carboxylic acids is 1. The second-order valence-corrected chi connectivity index (χ2v) is 5.03. The quantitative estimate of drug-likeness (QED) is 0.516. The summed E-state index contributed by atoms with van der Waals surface area (Å²) in [4.78, 5) is 10.1. The summed E-state index contributed by atoms with van der Waals surface area (Å²) in [6.45, 7) is 1.69. The van der Waals surface area contributed by atoms with Crippen LogP contribution < -0.4 is 4.72 Å². The summed E-state index contributed by atoms with van der Waals surface area (Å²) in [6.07, 6.45) is -0.414. The minimum Gasteiger partial charge on any atom is -0.481 e. The summed E-state index contributed by atoms with van der Waals surface area (Å²) in [5.74, 6) is -1.75. The van der Waals surface area contributed by atoms with E-state index in [9.17, 15) is 13.2 Å². The van der Waals surface area contributed by atoms with Crippen LogP contribution in [-0.2, 0) is 14.8 Å². The third-order valence-electron chi connectivity index (χ3n) is 1.55. The maximum absolute atomic E-state index is 11.1. The summed E-state index contributed by atoms with van der Waals surface area (Å²) >= 11 is 0. The van der Waals surface area contributed by atoms with Gasteiger partial charge in [-0.1, -0.05) is 6.92 Å². The van der Waals surface area contributed by atoms with Crippen molar-refractivity contribution >= 4 is 16.0 Å². The van der Waals surface area contributed by atoms with Crippen LogP contribution in [0.1, 0.15) is 13.3 Å². The molecule has 0 amide bonds. The van der Waals surface area contributed by atoms with Gasteiger partial charge in [-0.05, 0) is 5.92 Å². The number of hydrogen-bond acceptors (Lipinski definition) is 4. The molecule has 0 fully saturated rings. The van der Waals surface area contributed by atoms with Gasteiger partial charge in [-0.2, -0.15) is 0 Å². The van der Waals surface area contributed by atoms with Crippen molar-refractivity contribution in [2.45, 2.75) is 13.3 Å². The lowest BCUT2D eigenvalue weighted by molar-refractivity contribution is -0.136. The molecule has 0 aromatic rings. The Morgan fingerprint density at radius 1 is 1.50 bits per heavy atom. The van der Waals surface area contributed by atoms with Gasteiger partial charge in [0.15, 0.2) is 0 Å². The lowest BCUT2D eigenvalue weighted by Gasteiger charge is -2.09. The van der Waals surface area contributed by atoms with Crippen molar-refractivity contribution in [1.29, 1.82) is 0 Å². The van der Waals surface area contributed by atoms with Crippen LogP contribution in [0.15, 0.2) is 0 Å². The number of rotatable bonds is 7. The van der Waals surface area contributed by atoms with Gasteiger partial charge in [0.2, 0.25) is 10.0 Å². The predicted octanol–water partition coefficient (Wildman–Crippen LogP) is -0.991. The Labute approximate surface area is 83.0 Å². The minimum atomic E-state index is -3.52. The van der Waals surface area contributed by atoms with Crippen LogP contribution >= 0.6 is 0 Å². The Morgan fingerprint density at radius 3 is 2.50 bits per heavy atom. The second-order valence-electron chi connectivity index (χ2n) is 3.10. The maximum atomic E-state index is 11.1. The smallest absolute Gasteiger partial charge is 0.304 e. The van der Waals surface area contributed by atoms with Gasteiger partial charge in [0.25, 0.3) is 0 Å². The van der Waals surface area contributed by atoms with E-state index in [0.29, 0.717) is 0 Å². The summed E-state index contributed by atoms with van der Waals surface area (Å²) < 4.78 is 24.4. The Kier molecular flexibility index (Phi) is 5.66. The molecule has 0 heterocycles. The summed E-state index contributed by atoms with van der Waals surface area (Å²) in [6, 6.07) is 0. The fourth-order valence-corrected chi connectivity index (χ4v) is 1.75. The van der Waals surface area contributed by atoms with Crippen LogP contribution in [0.5, 0.6) is 0 Å². The van der Waals surface area contributed by atoms with Gasteiger partial charge in [0, 0.05) is 13.2 Å². The van der Waals surface area contributed by atoms with Crippen LogP contribution in [0, 0.1) is 5.92 Å². The molecular weight excluding hydrogens is 210 g/mol. The maximum Gasteiger partial charge on any atom is 0.304 e. The molecule has 0 rings (SSSR count). The van der Waals surface area contributed by atoms with Crippen LogP contribution in [0.2, 0.25) is 0 Å². The van der Waals surface area contributed by atoms with Crippen molar-refractivity contribution in [2.75, 3.05) is 18.9 Å². The molecule has 0 aliphatic rings. The van der Waals surface area contributed by atoms with E-state index in [-0.39, 0.29) is 19.1 Å². The first kappa shape index (κ1) is 13.3. The molecule has 1 unspecified atom stereocenters. The monoisotopic (exact) mass is 225 g/mol. The lowest BCUT2D eigenvalue weighted by atomic mass is 10.2. The van der Waals surface area contributed by atoms with Crippen LogP contribution in [0.3, 0.4) is 0 Å². The van der Waals surface area contributed by atoms with E-state index in [2.05, 4.69) is 4.72 Å². The molecule has 14 heavy (non-hydrogen) atoms. The van der Waals surface area contributed by atoms with Crippen LogP contribution in [-0.4, -0.2) is 43.5 Å². The van der Waals surface area contributed by atoms with E-state index in [4.69, 9.17) is 10.2 Å². The van der Waals surface area contributed by atoms with Crippen molar-refractivity contribution < 1.29 is 23.4 Å². The van der Waals surface area contributed by atoms with Crippen LogP contribution in [0.25, 0.3) is 0 Å². The molecule has 0 radical (unpaired) electrons. The molecule has 0 bridgehead atoms. The molecule has 0 aliphatic heterocycles. The molecule has 0 aromatic heterocycles. The van der Waals surface area contributed by atoms with Crippen LogP contribution in [0.4, 0.5) is 0 Å². The SMILES string of the molecule is CC(CO)CNS(=O)(=O)CCC(=O)O. The highest BCUT2D eigenvalue weighted by Crippen LogP contribution is 1.94. The Bertz CT molecular complexity index is 274. The predicted molar refractivity (Wildman–Crippen MR) is 50.3 cm³/mol. The molecule has 6 nitrogen and oxygen atoms in total. The van der Waals surface area contributed by atoms with E-state index in [1.54, 1.807) is 6.92 Å². The van der Waals surface area contributed by atoms with Crippen molar-refractivity contribution in [3.05, 3.63) is 0 Å². The molecule has 0 aromatic carbocycles. The summed E-state index contributed by atoms with van der Waals surface area (Å²) in [7, 11) is -3.52. The third-order valence-corrected chi connectivity index (χ3v) is 2.90. The molecule has 84 valence electrons. The van der Waals surface area contributed by atoms with Gasteiger partial charge in [-0.3, -0.25) is 4.79 Å². The number of carbonyl (C=O) groups is 1. The van der Waals surface area contributed by atoms with Crippen molar-refractivity contribution in [1.82, 2.24) is 4.72 Å². The normalized spacial score (nSPS) is 13.9. The zero-order chi connectivity index (χ0) is 11.2. The lowest BCUT2D eigenvalue weighted by Crippen LogP contribution is -2.32. The molecule has 1 atom stereocenters. The average Bonchev–Trinajstić information content (AvgIpc) is 2.11. The molecule has 7 heteroatoms. The number of nitrogens with one attached hydrogen (secondary N) is 1. The van der Waals surface area contributed by atoms with E-state index in [1.807, 2.05) is 0 Å². The molecule has 0 spiro atoms. The number of carboxylic acid groups (broad SMARTS) is 1. The molecule has 3 N–H and O–H groups in total. The molecule has 0 aliphatic carbocycles. The van der Waals surface area contributed by atoms with Crippen molar-refractivity contribution in [2.24, 2.45) is 5.92 Å². The minimum absolute atomic E-state index is 0.110. The number of hydrogen-bond donors (Lipinski definition) is 3. The first-order valence-corrected chi connectivity index (χ1v) is 5.82. The summed E-state index contributed by atoms with van der Waals surface area (Å²) in [5, 5.41) is 16.9. The number of sulfonamides is 1. The van der Waals surface area contributed by atoms with E-state index < -0.39 is 28.2 Å². The Balaban J connectivity index is 3.90. The van der Waals surface area contributed by atoms with Gasteiger partial charge >= 0.3 is 5.97 Å². The number of aliphatic hydroxyl groups excluding tert-OH is 1. The van der Waals surface area contributed by atoms with Gasteiger partial charge in [-0.25, -0.2) is 13.1 Å². The first-order chi connectivity index (χ1) is 6.37. The van der Waals surface area contributed by atoms with Gasteiger partial charge in [-0.15, -0.1) is 0 Å². The van der Waals surface area contributed by atoms with E-state index in [1.165, 1.54) is 0 Å². The Hall–Kier alpha value is -0.660. The number of aliphatic hydroxyl groups is 1. The highest BCUT2D eigenvalue weighted by atomic mass is 32.2. The first-order valence-electron chi connectivity index (χ1n) is 4.17. The zero-order valence-corrected chi connectivity index (χ0v) is 8.75. The van der Waals surface area contributed by atoms with Gasteiger partial charge in [0.1, 0.15) is 0 Å². The Morgan fingerprint density at radius 2 is 2.07 bits per heavy atom. The van der Waals surface area contributed by atoms with E-state index in [0.717, 1.165) is 0 Å². The topological polar surface area (TPSA) is 104 Å². The van der Waals surface area contributed by atoms with Crippen molar-refractivity contribution in [3.8, 4) is 0 Å². The standard InChI is InChI=1S/C7H15NO5S/c1-6(5-9)4-8-14(12,13)3-2-7(10)11/h6,8-9H,2-5H2,1H3,(H,10,11). The molecular formula is C7H15NO5S. The summed E-state index contributed by atoms with van der Waals surface area (Å²) in [5.41, 5.74) is 0. The molecule has 0 saturated heterocycles. The second kappa shape index (κ2) is 5.94. The molecule has 0 saturated carbocycles. The van der Waals surface area contributed by atoms with Crippen molar-refractivity contribution in [3.63, 3.8) is 0 Å². The third kappa shape index (κ3) is 6.81. The average molecular weight is 225 g/mol. The van der Waals surface area contributed by atoms with E-state index >= 15 is 0 Å². The highest BCUT2D eigenvalue weighted by molar-refractivity contribution is 7.89. The fourth-order valence-electron chi connectivity index (χ4n) is 0.628. The zero-order valence-electron chi connectivity index (χ0n) is 7.93.